The van der Waals surface area contributed by atoms with E-state index in [2.05, 4.69) is 31.1 Å². The Morgan fingerprint density at radius 3 is 2.85 bits per heavy atom. The van der Waals surface area contributed by atoms with Crippen LogP contribution >= 0.6 is 0 Å². The number of aryl methyl sites for hydroxylation is 1. The van der Waals surface area contributed by atoms with Gasteiger partial charge in [-0.2, -0.15) is 0 Å². The molecule has 3 unspecified atom stereocenters. The molecule has 0 saturated heterocycles. The Hall–Kier alpha value is -1.36. The van der Waals surface area contributed by atoms with Crippen LogP contribution in [0.3, 0.4) is 0 Å². The predicted molar refractivity (Wildman–Crippen MR) is 76.7 cm³/mol. The van der Waals surface area contributed by atoms with Gasteiger partial charge in [-0.3, -0.25) is 4.79 Å². The Morgan fingerprint density at radius 1 is 1.55 bits per heavy atom. The third-order valence-corrected chi connectivity index (χ3v) is 4.90. The molecule has 3 N–H and O–H groups in total. The number of carbonyl (C=O) groups excluding carboxylic acids is 1. The van der Waals surface area contributed by atoms with Gasteiger partial charge >= 0.3 is 0 Å². The minimum Gasteiger partial charge on any atom is -0.444 e. The molecule has 1 amide bonds. The summed E-state index contributed by atoms with van der Waals surface area (Å²) in [6.07, 6.45) is 3.41. The second-order valence-corrected chi connectivity index (χ2v) is 6.49. The summed E-state index contributed by atoms with van der Waals surface area (Å²) in [5, 5.41) is 2.94. The lowest BCUT2D eigenvalue weighted by Crippen LogP contribution is -2.51. The second-order valence-electron chi connectivity index (χ2n) is 6.49. The van der Waals surface area contributed by atoms with Crippen molar-refractivity contribution in [3.63, 3.8) is 0 Å². The molecule has 112 valence electrons. The molecule has 1 fully saturated rings. The molecule has 1 aliphatic carbocycles. The van der Waals surface area contributed by atoms with Gasteiger partial charge < -0.3 is 15.5 Å². The van der Waals surface area contributed by atoms with Gasteiger partial charge in [0.1, 0.15) is 5.76 Å². The fourth-order valence-electron chi connectivity index (χ4n) is 3.09. The van der Waals surface area contributed by atoms with E-state index in [0.717, 1.165) is 18.6 Å². The van der Waals surface area contributed by atoms with Crippen LogP contribution in [0, 0.1) is 24.2 Å². The molecule has 1 heterocycles. The summed E-state index contributed by atoms with van der Waals surface area (Å²) < 4.78 is 5.37. The first-order valence-electron chi connectivity index (χ1n) is 7.27. The van der Waals surface area contributed by atoms with Crippen LogP contribution in [0.25, 0.3) is 0 Å². The largest absolute Gasteiger partial charge is 0.444 e. The van der Waals surface area contributed by atoms with E-state index in [4.69, 9.17) is 10.2 Å². The van der Waals surface area contributed by atoms with Gasteiger partial charge in [-0.25, -0.2) is 4.98 Å². The van der Waals surface area contributed by atoms with Crippen molar-refractivity contribution >= 4 is 5.91 Å². The molecule has 1 saturated carbocycles. The molecule has 0 bridgehead atoms. The van der Waals surface area contributed by atoms with Crippen molar-refractivity contribution in [2.75, 3.05) is 0 Å². The summed E-state index contributed by atoms with van der Waals surface area (Å²) >= 11 is 0. The van der Waals surface area contributed by atoms with E-state index in [0.29, 0.717) is 18.4 Å². The Bertz CT molecular complexity index is 481. The van der Waals surface area contributed by atoms with E-state index < -0.39 is 0 Å². The topological polar surface area (TPSA) is 81.2 Å². The van der Waals surface area contributed by atoms with E-state index in [1.807, 2.05) is 6.92 Å². The zero-order valence-corrected chi connectivity index (χ0v) is 12.8. The molecule has 3 atom stereocenters. The van der Waals surface area contributed by atoms with Crippen molar-refractivity contribution in [2.24, 2.45) is 23.0 Å². The second kappa shape index (κ2) is 5.56. The van der Waals surface area contributed by atoms with E-state index in [1.165, 1.54) is 0 Å². The molecule has 20 heavy (non-hydrogen) atoms. The molecule has 5 heteroatoms. The fraction of sp³-hybridized carbons (Fsp3) is 0.733. The van der Waals surface area contributed by atoms with Gasteiger partial charge in [-0.15, -0.1) is 0 Å². The summed E-state index contributed by atoms with van der Waals surface area (Å²) in [7, 11) is 0. The monoisotopic (exact) mass is 279 g/mol. The Labute approximate surface area is 120 Å². The van der Waals surface area contributed by atoms with Gasteiger partial charge in [0.25, 0.3) is 0 Å². The molecule has 2 rings (SSSR count). The van der Waals surface area contributed by atoms with Crippen molar-refractivity contribution in [3.05, 3.63) is 17.8 Å². The number of hydrogen-bond acceptors (Lipinski definition) is 4. The van der Waals surface area contributed by atoms with Gasteiger partial charge in [-0.1, -0.05) is 20.8 Å². The van der Waals surface area contributed by atoms with Crippen molar-refractivity contribution < 1.29 is 9.21 Å². The maximum atomic E-state index is 12.4. The highest BCUT2D eigenvalue weighted by Crippen LogP contribution is 2.44. The lowest BCUT2D eigenvalue weighted by molar-refractivity contribution is -0.132. The quantitative estimate of drug-likeness (QED) is 0.886. The molecule has 1 aliphatic rings. The molecule has 0 aliphatic heterocycles. The van der Waals surface area contributed by atoms with Gasteiger partial charge in [0.15, 0.2) is 0 Å². The third-order valence-electron chi connectivity index (χ3n) is 4.90. The number of aromatic nitrogens is 1. The molecule has 5 nitrogen and oxygen atoms in total. The number of nitrogens with zero attached hydrogens (tertiary/aromatic N) is 1. The number of nitrogens with one attached hydrogen (secondary N) is 1. The van der Waals surface area contributed by atoms with Crippen LogP contribution in [0.4, 0.5) is 0 Å². The zero-order chi connectivity index (χ0) is 14.9. The van der Waals surface area contributed by atoms with Gasteiger partial charge in [0, 0.05) is 12.0 Å². The lowest BCUT2D eigenvalue weighted by atomic mass is 9.61. The fourth-order valence-corrected chi connectivity index (χ4v) is 3.09. The standard InChI is InChI=1S/C15H25N3O2/c1-9-7-17-13(20-9)8-18-14(19)11-5-6-12(16)10(2)15(11,3)4/h7,10-12H,5-6,8,16H2,1-4H3,(H,18,19). The first-order valence-corrected chi connectivity index (χ1v) is 7.27. The number of nitrogens with two attached hydrogens (primary N) is 1. The molecule has 0 aromatic carbocycles. The smallest absolute Gasteiger partial charge is 0.224 e. The van der Waals surface area contributed by atoms with E-state index in [1.54, 1.807) is 6.20 Å². The third kappa shape index (κ3) is 2.87. The molecule has 0 radical (unpaired) electrons. The number of hydrogen-bond donors (Lipinski definition) is 2. The molecule has 1 aromatic rings. The Kier molecular flexibility index (Phi) is 4.18. The van der Waals surface area contributed by atoms with E-state index >= 15 is 0 Å². The SMILES string of the molecule is Cc1cnc(CNC(=O)C2CCC(N)C(C)C2(C)C)o1. The van der Waals surface area contributed by atoms with Crippen molar-refractivity contribution in [1.29, 1.82) is 0 Å². The first-order chi connectivity index (χ1) is 9.32. The highest BCUT2D eigenvalue weighted by atomic mass is 16.4. The lowest BCUT2D eigenvalue weighted by Gasteiger charge is -2.45. The summed E-state index contributed by atoms with van der Waals surface area (Å²) in [4.78, 5) is 16.5. The summed E-state index contributed by atoms with van der Waals surface area (Å²) in [6.45, 7) is 8.60. The van der Waals surface area contributed by atoms with Crippen LogP contribution in [0.2, 0.25) is 0 Å². The number of rotatable bonds is 3. The molecule has 0 spiro atoms. The maximum Gasteiger partial charge on any atom is 0.224 e. The average molecular weight is 279 g/mol. The number of carbonyl (C=O) groups is 1. The molecular weight excluding hydrogens is 254 g/mol. The van der Waals surface area contributed by atoms with Crippen molar-refractivity contribution in [1.82, 2.24) is 10.3 Å². The molecule has 1 aromatic heterocycles. The van der Waals surface area contributed by atoms with Gasteiger partial charge in [0.05, 0.1) is 12.7 Å². The summed E-state index contributed by atoms with van der Waals surface area (Å²) in [5.74, 6) is 1.70. The molecular formula is C15H25N3O2. The Balaban J connectivity index is 1.98. The van der Waals surface area contributed by atoms with Crippen LogP contribution < -0.4 is 11.1 Å². The van der Waals surface area contributed by atoms with Crippen molar-refractivity contribution in [2.45, 2.75) is 53.1 Å². The predicted octanol–water partition coefficient (Wildman–Crippen LogP) is 2.00. The highest BCUT2D eigenvalue weighted by molar-refractivity contribution is 5.79. The van der Waals surface area contributed by atoms with Crippen LogP contribution in [0.15, 0.2) is 10.6 Å². The van der Waals surface area contributed by atoms with E-state index in [9.17, 15) is 4.79 Å². The van der Waals surface area contributed by atoms with Crippen LogP contribution in [-0.4, -0.2) is 16.9 Å². The van der Waals surface area contributed by atoms with Gasteiger partial charge in [-0.05, 0) is 31.1 Å². The van der Waals surface area contributed by atoms with Gasteiger partial charge in [0.2, 0.25) is 11.8 Å². The first kappa shape index (κ1) is 15.0. The van der Waals surface area contributed by atoms with Crippen LogP contribution in [-0.2, 0) is 11.3 Å². The maximum absolute atomic E-state index is 12.4. The number of amides is 1. The minimum atomic E-state index is -0.0890. The zero-order valence-electron chi connectivity index (χ0n) is 12.8. The summed E-state index contributed by atoms with van der Waals surface area (Å²) in [6, 6.07) is 0.184. The van der Waals surface area contributed by atoms with Crippen LogP contribution in [0.5, 0.6) is 0 Å². The summed E-state index contributed by atoms with van der Waals surface area (Å²) in [5.41, 5.74) is 6.04. The number of oxazole rings is 1. The highest BCUT2D eigenvalue weighted by Gasteiger charge is 2.44. The minimum absolute atomic E-state index is 0.00615. The average Bonchev–Trinajstić information content (AvgIpc) is 2.79. The van der Waals surface area contributed by atoms with E-state index in [-0.39, 0.29) is 23.3 Å². The van der Waals surface area contributed by atoms with Crippen molar-refractivity contribution in [3.8, 4) is 0 Å². The Morgan fingerprint density at radius 2 is 2.25 bits per heavy atom. The normalized spacial score (nSPS) is 29.1. The van der Waals surface area contributed by atoms with Crippen LogP contribution in [0.1, 0.15) is 45.3 Å².